The van der Waals surface area contributed by atoms with Gasteiger partial charge in [-0.05, 0) is 37.1 Å². The first-order chi connectivity index (χ1) is 11.1. The van der Waals surface area contributed by atoms with Gasteiger partial charge >= 0.3 is 0 Å². The zero-order chi connectivity index (χ0) is 17.7. The number of carbonyl (C=O) groups excluding carboxylic acids is 1. The lowest BCUT2D eigenvalue weighted by atomic mass is 10.1. The molecule has 7 nitrogen and oxygen atoms in total. The summed E-state index contributed by atoms with van der Waals surface area (Å²) in [6.45, 7) is 3.38. The predicted octanol–water partition coefficient (Wildman–Crippen LogP) is 0.403. The topological polar surface area (TPSA) is 91.8 Å². The summed E-state index contributed by atoms with van der Waals surface area (Å²) in [7, 11) is -6.87. The van der Waals surface area contributed by atoms with Gasteiger partial charge < -0.3 is 4.90 Å². The van der Waals surface area contributed by atoms with Crippen molar-refractivity contribution >= 4 is 31.5 Å². The van der Waals surface area contributed by atoms with E-state index in [0.717, 1.165) is 11.3 Å². The van der Waals surface area contributed by atoms with Crippen LogP contribution in [0.4, 0.5) is 5.69 Å². The summed E-state index contributed by atoms with van der Waals surface area (Å²) in [6, 6.07) is 4.75. The third kappa shape index (κ3) is 2.96. The summed E-state index contributed by atoms with van der Waals surface area (Å²) in [4.78, 5) is 13.6. The van der Waals surface area contributed by atoms with Gasteiger partial charge in [0.15, 0.2) is 9.84 Å². The van der Waals surface area contributed by atoms with Gasteiger partial charge in [0.1, 0.15) is 0 Å². The number of carbonyl (C=O) groups is 1. The highest BCUT2D eigenvalue weighted by molar-refractivity contribution is 7.92. The number of benzene rings is 1. The first-order valence-corrected chi connectivity index (χ1v) is 11.0. The van der Waals surface area contributed by atoms with Crippen molar-refractivity contribution < 1.29 is 21.6 Å². The molecule has 2 aliphatic rings. The molecule has 1 fully saturated rings. The molecule has 1 aromatic carbocycles. The molecule has 1 amide bonds. The molecule has 3 rings (SSSR count). The Labute approximate surface area is 142 Å². The monoisotopic (exact) mass is 372 g/mol. The van der Waals surface area contributed by atoms with Crippen molar-refractivity contribution in [2.75, 3.05) is 29.5 Å². The van der Waals surface area contributed by atoms with Crippen LogP contribution < -0.4 is 4.90 Å². The van der Waals surface area contributed by atoms with Crippen LogP contribution in [-0.4, -0.2) is 57.7 Å². The number of sulfone groups is 1. The van der Waals surface area contributed by atoms with Gasteiger partial charge in [-0.1, -0.05) is 0 Å². The smallest absolute Gasteiger partial charge is 0.243 e. The summed E-state index contributed by atoms with van der Waals surface area (Å²) in [5.74, 6) is -0.364. The van der Waals surface area contributed by atoms with Crippen molar-refractivity contribution in [1.82, 2.24) is 4.31 Å². The van der Waals surface area contributed by atoms with E-state index in [1.807, 2.05) is 6.92 Å². The van der Waals surface area contributed by atoms with Gasteiger partial charge in [-0.3, -0.25) is 4.79 Å². The SMILES string of the molecule is CC(=O)N1c2ccc(S(=O)(=O)N3CCS(=O)(=O)CC3)cc2C[C@H]1C. The number of nitrogens with zero attached hydrogens (tertiary/aromatic N) is 2. The van der Waals surface area contributed by atoms with Crippen LogP contribution in [0.3, 0.4) is 0 Å². The van der Waals surface area contributed by atoms with Gasteiger partial charge in [0.2, 0.25) is 15.9 Å². The first kappa shape index (κ1) is 17.4. The largest absolute Gasteiger partial charge is 0.309 e. The Morgan fingerprint density at radius 3 is 2.42 bits per heavy atom. The van der Waals surface area contributed by atoms with Crippen LogP contribution in [0.25, 0.3) is 0 Å². The van der Waals surface area contributed by atoms with Gasteiger partial charge in [0, 0.05) is 31.7 Å². The fourth-order valence-electron chi connectivity index (χ4n) is 3.33. The maximum Gasteiger partial charge on any atom is 0.243 e. The third-order valence-electron chi connectivity index (χ3n) is 4.55. The Kier molecular flexibility index (Phi) is 4.21. The zero-order valence-electron chi connectivity index (χ0n) is 13.6. The van der Waals surface area contributed by atoms with Gasteiger partial charge in [-0.2, -0.15) is 4.31 Å². The lowest BCUT2D eigenvalue weighted by molar-refractivity contribution is -0.116. The van der Waals surface area contributed by atoms with Crippen molar-refractivity contribution in [2.45, 2.75) is 31.2 Å². The van der Waals surface area contributed by atoms with Crippen molar-refractivity contribution in [3.8, 4) is 0 Å². The van der Waals surface area contributed by atoms with Crippen molar-refractivity contribution in [3.05, 3.63) is 23.8 Å². The van der Waals surface area contributed by atoms with Gasteiger partial charge in [-0.25, -0.2) is 16.8 Å². The fraction of sp³-hybridized carbons (Fsp3) is 0.533. The maximum atomic E-state index is 12.7. The Hall–Kier alpha value is -1.45. The molecule has 0 bridgehead atoms. The molecule has 0 unspecified atom stereocenters. The minimum absolute atomic E-state index is 0.00409. The van der Waals surface area contributed by atoms with Gasteiger partial charge in [0.05, 0.1) is 16.4 Å². The van der Waals surface area contributed by atoms with E-state index in [-0.39, 0.29) is 41.4 Å². The average molecular weight is 372 g/mol. The molecular weight excluding hydrogens is 352 g/mol. The standard InChI is InChI=1S/C15H20N2O5S2/c1-11-9-13-10-14(3-4-15(13)17(11)12(2)18)24(21,22)16-5-7-23(19,20)8-6-16/h3-4,10-11H,5-9H2,1-2H3/t11-/m1/s1. The lowest BCUT2D eigenvalue weighted by Gasteiger charge is -2.26. The summed E-state index contributed by atoms with van der Waals surface area (Å²) < 4.78 is 49.7. The molecule has 2 heterocycles. The highest BCUT2D eigenvalue weighted by Gasteiger charge is 2.34. The molecule has 1 saturated heterocycles. The second-order valence-corrected chi connectivity index (χ2v) is 10.5. The molecule has 0 N–H and O–H groups in total. The fourth-order valence-corrected chi connectivity index (χ4v) is 6.26. The Bertz CT molecular complexity index is 878. The van der Waals surface area contributed by atoms with Crippen molar-refractivity contribution in [3.63, 3.8) is 0 Å². The molecule has 24 heavy (non-hydrogen) atoms. The Morgan fingerprint density at radius 1 is 1.21 bits per heavy atom. The van der Waals surface area contributed by atoms with Crippen LogP contribution in [0, 0.1) is 0 Å². The third-order valence-corrected chi connectivity index (χ3v) is 8.05. The number of anilines is 1. The first-order valence-electron chi connectivity index (χ1n) is 7.75. The number of fused-ring (bicyclic) bond motifs is 1. The molecule has 132 valence electrons. The number of rotatable bonds is 2. The normalized spacial score (nSPS) is 23.9. The van der Waals surface area contributed by atoms with E-state index >= 15 is 0 Å². The number of amides is 1. The van der Waals surface area contributed by atoms with Crippen LogP contribution in [0.5, 0.6) is 0 Å². The van der Waals surface area contributed by atoms with Crippen LogP contribution >= 0.6 is 0 Å². The molecule has 9 heteroatoms. The second-order valence-electron chi connectivity index (χ2n) is 6.29. The summed E-state index contributed by atoms with van der Waals surface area (Å²) in [5.41, 5.74) is 1.57. The molecular formula is C15H20N2O5S2. The molecule has 0 radical (unpaired) electrons. The van der Waals surface area contributed by atoms with E-state index in [9.17, 15) is 21.6 Å². The highest BCUT2D eigenvalue weighted by Crippen LogP contribution is 2.34. The van der Waals surface area contributed by atoms with Crippen LogP contribution in [0.2, 0.25) is 0 Å². The highest BCUT2D eigenvalue weighted by atomic mass is 32.2. The van der Waals surface area contributed by atoms with Gasteiger partial charge in [-0.15, -0.1) is 0 Å². The minimum Gasteiger partial charge on any atom is -0.309 e. The minimum atomic E-state index is -3.72. The molecule has 0 aliphatic carbocycles. The van der Waals surface area contributed by atoms with Crippen LogP contribution in [-0.2, 0) is 31.1 Å². The maximum absolute atomic E-state index is 12.7. The lowest BCUT2D eigenvalue weighted by Crippen LogP contribution is -2.43. The van der Waals surface area contributed by atoms with Crippen molar-refractivity contribution in [2.24, 2.45) is 0 Å². The van der Waals surface area contributed by atoms with Crippen LogP contribution in [0.1, 0.15) is 19.4 Å². The summed E-state index contributed by atoms with van der Waals surface area (Å²) in [6.07, 6.45) is 0.604. The summed E-state index contributed by atoms with van der Waals surface area (Å²) >= 11 is 0. The quantitative estimate of drug-likeness (QED) is 0.749. The number of hydrogen-bond acceptors (Lipinski definition) is 5. The molecule has 0 aromatic heterocycles. The van der Waals surface area contributed by atoms with E-state index in [2.05, 4.69) is 0 Å². The summed E-state index contributed by atoms with van der Waals surface area (Å²) in [5, 5.41) is 0. The van der Waals surface area contributed by atoms with E-state index in [0.29, 0.717) is 6.42 Å². The average Bonchev–Trinajstić information content (AvgIpc) is 2.81. The Balaban J connectivity index is 1.91. The Morgan fingerprint density at radius 2 is 1.83 bits per heavy atom. The molecule has 2 aliphatic heterocycles. The second kappa shape index (κ2) is 5.82. The predicted molar refractivity (Wildman–Crippen MR) is 90.2 cm³/mol. The van der Waals surface area contributed by atoms with E-state index < -0.39 is 19.9 Å². The van der Waals surface area contributed by atoms with Gasteiger partial charge in [0.25, 0.3) is 0 Å². The zero-order valence-corrected chi connectivity index (χ0v) is 15.2. The molecule has 1 atom stereocenters. The number of hydrogen-bond donors (Lipinski definition) is 0. The van der Waals surface area contributed by atoms with E-state index in [4.69, 9.17) is 0 Å². The molecule has 1 aromatic rings. The van der Waals surface area contributed by atoms with Crippen molar-refractivity contribution in [1.29, 1.82) is 0 Å². The van der Waals surface area contributed by atoms with E-state index in [1.54, 1.807) is 17.0 Å². The van der Waals surface area contributed by atoms with Crippen LogP contribution in [0.15, 0.2) is 23.1 Å². The number of sulfonamides is 1. The molecule has 0 spiro atoms. The molecule has 0 saturated carbocycles. The van der Waals surface area contributed by atoms with E-state index in [1.165, 1.54) is 17.3 Å².